The molecule has 0 amide bonds. The van der Waals surface area contributed by atoms with Gasteiger partial charge in [0.1, 0.15) is 11.3 Å². The second kappa shape index (κ2) is 6.17. The average Bonchev–Trinajstić information content (AvgIpc) is 3.00. The molecule has 0 spiro atoms. The Bertz CT molecular complexity index is 905. The van der Waals surface area contributed by atoms with E-state index in [0.29, 0.717) is 16.9 Å². The van der Waals surface area contributed by atoms with E-state index >= 15 is 0 Å². The number of rotatable bonds is 4. The highest BCUT2D eigenvalue weighted by molar-refractivity contribution is 6.39. The number of Topliss-reactive ketones (excluding diaryl/α,β-unsaturated/α-hetero) is 1. The first-order valence-electron chi connectivity index (χ1n) is 8.94. The van der Waals surface area contributed by atoms with Gasteiger partial charge in [-0.3, -0.25) is 4.79 Å². The van der Waals surface area contributed by atoms with Crippen LogP contribution >= 0.6 is 0 Å². The maximum Gasteiger partial charge on any atom is 0.222 e. The minimum atomic E-state index is 0.0517. The topological polar surface area (TPSA) is 56.1 Å². The Morgan fingerprint density at radius 1 is 1.04 bits per heavy atom. The summed E-state index contributed by atoms with van der Waals surface area (Å²) in [6.07, 6.45) is 1.90. The van der Waals surface area contributed by atoms with Gasteiger partial charge < -0.3 is 9.72 Å². The van der Waals surface area contributed by atoms with Gasteiger partial charge in [0.05, 0.1) is 18.4 Å². The van der Waals surface area contributed by atoms with Gasteiger partial charge in [0.15, 0.2) is 5.71 Å². The van der Waals surface area contributed by atoms with Crippen LogP contribution in [0.1, 0.15) is 56.6 Å². The predicted molar refractivity (Wildman–Crippen MR) is 100 cm³/mol. The summed E-state index contributed by atoms with van der Waals surface area (Å²) in [4.78, 5) is 19.8. The summed E-state index contributed by atoms with van der Waals surface area (Å²) in [6.45, 7) is 12.5. The van der Waals surface area contributed by atoms with E-state index in [9.17, 15) is 4.79 Å². The number of nitrogens with one attached hydrogen (secondary N) is 2. The molecule has 132 valence electrons. The number of aromatic nitrogens is 1. The van der Waals surface area contributed by atoms with Gasteiger partial charge in [-0.05, 0) is 44.7 Å². The number of methoxy groups -OCH3 is 1. The molecule has 0 saturated carbocycles. The molecule has 0 aromatic carbocycles. The molecule has 4 nitrogen and oxygen atoms in total. The summed E-state index contributed by atoms with van der Waals surface area (Å²) < 4.78 is 5.65. The summed E-state index contributed by atoms with van der Waals surface area (Å²) in [5, 5.41) is 0. The Balaban J connectivity index is 2.20. The fraction of sp³-hybridized carbons (Fsp3) is 0.429. The van der Waals surface area contributed by atoms with Crippen LogP contribution in [0, 0.1) is 13.8 Å². The van der Waals surface area contributed by atoms with E-state index in [1.54, 1.807) is 7.11 Å². The molecule has 2 heterocycles. The van der Waals surface area contributed by atoms with Gasteiger partial charge in [-0.2, -0.15) is 0 Å². The van der Waals surface area contributed by atoms with Crippen molar-refractivity contribution in [2.75, 3.05) is 7.11 Å². The zero-order valence-corrected chi connectivity index (χ0v) is 16.2. The summed E-state index contributed by atoms with van der Waals surface area (Å²) in [6, 6.07) is 0. The summed E-state index contributed by atoms with van der Waals surface area (Å²) in [5.74, 6) is 0.736. The van der Waals surface area contributed by atoms with Gasteiger partial charge >= 0.3 is 0 Å². The van der Waals surface area contributed by atoms with Gasteiger partial charge in [0, 0.05) is 23.8 Å². The van der Waals surface area contributed by atoms with Crippen molar-refractivity contribution in [1.29, 1.82) is 0 Å². The molecule has 1 aromatic heterocycles. The van der Waals surface area contributed by atoms with Crippen LogP contribution in [0.4, 0.5) is 0 Å². The average molecular weight is 339 g/mol. The van der Waals surface area contributed by atoms with E-state index < -0.39 is 0 Å². The van der Waals surface area contributed by atoms with Crippen LogP contribution in [0.2, 0.25) is 0 Å². The van der Waals surface area contributed by atoms with Gasteiger partial charge in [-0.15, -0.1) is 0 Å². The van der Waals surface area contributed by atoms with Crippen molar-refractivity contribution in [3.8, 4) is 0 Å². The van der Waals surface area contributed by atoms with Gasteiger partial charge in [0.2, 0.25) is 11.5 Å². The number of hydrogen-bond donors (Lipinski definition) is 2. The van der Waals surface area contributed by atoms with Crippen molar-refractivity contribution in [3.63, 3.8) is 0 Å². The normalized spacial score (nSPS) is 20.4. The second-order valence-corrected chi connectivity index (χ2v) is 6.78. The van der Waals surface area contributed by atoms with Gasteiger partial charge in [0.25, 0.3) is 0 Å². The lowest BCUT2D eigenvalue weighted by Crippen LogP contribution is -2.69. The largest absolute Gasteiger partial charge is 0.495 e. The zero-order valence-electron chi connectivity index (χ0n) is 16.2. The predicted octanol–water partition coefficient (Wildman–Crippen LogP) is 2.67. The molecule has 0 fully saturated rings. The Morgan fingerprint density at radius 2 is 1.72 bits per heavy atom. The highest BCUT2D eigenvalue weighted by atomic mass is 16.5. The Morgan fingerprint density at radius 3 is 2.20 bits per heavy atom. The SMILES string of the molecule is CCC1=C(C)/C(=C2\C(=O)C(c3[nH]c(C)c(CC)c3C)=C2OC)[NH+]=C1C. The minimum absolute atomic E-state index is 0.0517. The first kappa shape index (κ1) is 17.5. The van der Waals surface area contributed by atoms with Crippen molar-refractivity contribution >= 4 is 17.1 Å². The number of ketones is 1. The maximum absolute atomic E-state index is 13.0. The zero-order chi connectivity index (χ0) is 18.5. The molecule has 25 heavy (non-hydrogen) atoms. The van der Waals surface area contributed by atoms with Crippen LogP contribution in [0.25, 0.3) is 5.57 Å². The standard InChI is InChI=1S/C21H26N2O2/c1-8-14-10(3)18(22-12(14)5)16-20(24)17(21(16)25-7)19-11(4)15(9-2)13(6)23-19/h22H,8-9H2,1-7H3/p+1/b19-17-. The number of carbonyl (C=O) groups excluding carboxylic acids is 1. The Kier molecular flexibility index (Phi) is 4.31. The number of hydrogen-bond acceptors (Lipinski definition) is 2. The monoisotopic (exact) mass is 339 g/mol. The number of H-pyrrole nitrogens is 1. The molecule has 1 aromatic rings. The quantitative estimate of drug-likeness (QED) is 0.829. The number of allylic oxidation sites excluding steroid dienone is 4. The lowest BCUT2D eigenvalue weighted by Gasteiger charge is -2.24. The molecular weight excluding hydrogens is 312 g/mol. The van der Waals surface area contributed by atoms with Crippen LogP contribution in [0.15, 0.2) is 28.2 Å². The lowest BCUT2D eigenvalue weighted by atomic mass is 9.82. The number of aryl methyl sites for hydroxylation is 1. The smallest absolute Gasteiger partial charge is 0.222 e. The third-order valence-corrected chi connectivity index (χ3v) is 5.51. The molecule has 1 aliphatic carbocycles. The highest BCUT2D eigenvalue weighted by Crippen LogP contribution is 2.42. The second-order valence-electron chi connectivity index (χ2n) is 6.78. The molecule has 1 aliphatic heterocycles. The molecule has 2 aliphatic rings. The van der Waals surface area contributed by atoms with E-state index in [4.69, 9.17) is 4.74 Å². The van der Waals surface area contributed by atoms with Gasteiger partial charge in [-0.25, -0.2) is 4.99 Å². The molecular formula is C21H27N2O2+. The number of carbonyl (C=O) groups is 1. The van der Waals surface area contributed by atoms with Crippen molar-refractivity contribution in [2.24, 2.45) is 0 Å². The lowest BCUT2D eigenvalue weighted by molar-refractivity contribution is -0.389. The maximum atomic E-state index is 13.0. The first-order chi connectivity index (χ1) is 11.9. The van der Waals surface area contributed by atoms with Crippen molar-refractivity contribution in [2.45, 2.75) is 54.4 Å². The van der Waals surface area contributed by atoms with E-state index in [1.807, 2.05) is 0 Å². The first-order valence-corrected chi connectivity index (χ1v) is 8.94. The highest BCUT2D eigenvalue weighted by Gasteiger charge is 2.44. The molecule has 4 heteroatoms. The minimum Gasteiger partial charge on any atom is -0.495 e. The van der Waals surface area contributed by atoms with Crippen LogP contribution in [-0.4, -0.2) is 23.6 Å². The van der Waals surface area contributed by atoms with Crippen LogP contribution < -0.4 is 4.99 Å². The van der Waals surface area contributed by atoms with Crippen molar-refractivity contribution in [3.05, 3.63) is 50.7 Å². The van der Waals surface area contributed by atoms with Crippen molar-refractivity contribution < 1.29 is 14.5 Å². The van der Waals surface area contributed by atoms with Crippen LogP contribution in [-0.2, 0) is 16.0 Å². The fourth-order valence-electron chi connectivity index (χ4n) is 4.19. The summed E-state index contributed by atoms with van der Waals surface area (Å²) >= 11 is 0. The summed E-state index contributed by atoms with van der Waals surface area (Å²) in [5.41, 5.74) is 10.2. The van der Waals surface area contributed by atoms with Crippen LogP contribution in [0.3, 0.4) is 0 Å². The molecule has 0 unspecified atom stereocenters. The van der Waals surface area contributed by atoms with E-state index in [0.717, 1.165) is 46.8 Å². The molecule has 2 N–H and O–H groups in total. The van der Waals surface area contributed by atoms with E-state index in [-0.39, 0.29) is 5.78 Å². The third kappa shape index (κ3) is 2.35. The molecule has 0 atom stereocenters. The molecule has 0 radical (unpaired) electrons. The Labute approximate surface area is 149 Å². The summed E-state index contributed by atoms with van der Waals surface area (Å²) in [7, 11) is 1.64. The molecule has 0 saturated heterocycles. The van der Waals surface area contributed by atoms with Gasteiger partial charge in [-0.1, -0.05) is 13.8 Å². The molecule has 3 rings (SSSR count). The number of aromatic amines is 1. The van der Waals surface area contributed by atoms with E-state index in [2.05, 4.69) is 51.5 Å². The molecule has 0 bridgehead atoms. The van der Waals surface area contributed by atoms with Crippen molar-refractivity contribution in [1.82, 2.24) is 4.98 Å². The van der Waals surface area contributed by atoms with Crippen LogP contribution in [0.5, 0.6) is 0 Å². The number of ether oxygens (including phenoxy) is 1. The fourth-order valence-corrected chi connectivity index (χ4v) is 4.19. The Hall–Kier alpha value is -2.36. The van der Waals surface area contributed by atoms with E-state index in [1.165, 1.54) is 11.1 Å². The third-order valence-electron chi connectivity index (χ3n) is 5.51.